The molecule has 0 aliphatic rings. The van der Waals surface area contributed by atoms with Gasteiger partial charge in [0.25, 0.3) is 0 Å². The van der Waals surface area contributed by atoms with E-state index in [9.17, 15) is 9.59 Å². The van der Waals surface area contributed by atoms with E-state index in [2.05, 4.69) is 26.6 Å². The number of carboxylic acids is 1. The van der Waals surface area contributed by atoms with Gasteiger partial charge >= 0.3 is 12.0 Å². The Morgan fingerprint density at radius 2 is 1.71 bits per heavy atom. The number of aromatic carboxylic acids is 1. The third-order valence-electron chi connectivity index (χ3n) is 2.57. The summed E-state index contributed by atoms with van der Waals surface area (Å²) in [6, 6.07) is 10.4. The summed E-state index contributed by atoms with van der Waals surface area (Å²) >= 11 is 9.11. The maximum absolute atomic E-state index is 11.8. The van der Waals surface area contributed by atoms with E-state index in [0.717, 1.165) is 0 Å². The average Bonchev–Trinajstić information content (AvgIpc) is 2.42. The highest BCUT2D eigenvalue weighted by atomic mass is 79.9. The van der Waals surface area contributed by atoms with Gasteiger partial charge in [-0.1, -0.05) is 11.6 Å². The van der Waals surface area contributed by atoms with Crippen molar-refractivity contribution in [1.82, 2.24) is 0 Å². The van der Waals surface area contributed by atoms with Gasteiger partial charge in [0.05, 0.1) is 11.3 Å². The number of carbonyl (C=O) groups is 2. The first-order valence-electron chi connectivity index (χ1n) is 5.82. The number of urea groups is 1. The van der Waals surface area contributed by atoms with E-state index in [-0.39, 0.29) is 5.56 Å². The van der Waals surface area contributed by atoms with Crippen molar-refractivity contribution >= 4 is 50.9 Å². The largest absolute Gasteiger partial charge is 0.478 e. The first-order chi connectivity index (χ1) is 9.95. The first-order valence-corrected chi connectivity index (χ1v) is 6.99. The van der Waals surface area contributed by atoms with Crippen LogP contribution in [0.25, 0.3) is 0 Å². The van der Waals surface area contributed by atoms with Crippen LogP contribution in [0.4, 0.5) is 16.2 Å². The fraction of sp³-hybridized carbons (Fsp3) is 0. The van der Waals surface area contributed by atoms with Crippen molar-refractivity contribution in [2.24, 2.45) is 0 Å². The molecule has 0 heterocycles. The molecule has 0 bridgehead atoms. The van der Waals surface area contributed by atoms with Crippen LogP contribution in [-0.2, 0) is 0 Å². The van der Waals surface area contributed by atoms with E-state index in [1.54, 1.807) is 18.2 Å². The molecule has 0 atom stereocenters. The van der Waals surface area contributed by atoms with E-state index in [4.69, 9.17) is 16.7 Å². The standard InChI is InChI=1S/C14H10BrClN2O3/c15-11-7-9(16)3-6-12(11)18-14(21)17-10-4-1-8(2-5-10)13(19)20/h1-7H,(H,19,20)(H2,17,18,21). The minimum Gasteiger partial charge on any atom is -0.478 e. The van der Waals surface area contributed by atoms with Gasteiger partial charge in [-0.2, -0.15) is 0 Å². The molecule has 2 rings (SSSR count). The summed E-state index contributed by atoms with van der Waals surface area (Å²) in [5.41, 5.74) is 1.21. The van der Waals surface area contributed by atoms with Crippen LogP contribution in [0.5, 0.6) is 0 Å². The van der Waals surface area contributed by atoms with Gasteiger partial charge in [-0.15, -0.1) is 0 Å². The Morgan fingerprint density at radius 3 is 2.29 bits per heavy atom. The summed E-state index contributed by atoms with van der Waals surface area (Å²) in [7, 11) is 0. The third-order valence-corrected chi connectivity index (χ3v) is 3.46. The Hall–Kier alpha value is -2.05. The molecule has 0 spiro atoms. The van der Waals surface area contributed by atoms with E-state index < -0.39 is 12.0 Å². The van der Waals surface area contributed by atoms with Gasteiger partial charge in [0, 0.05) is 15.2 Å². The number of benzene rings is 2. The minimum atomic E-state index is -1.02. The van der Waals surface area contributed by atoms with E-state index in [0.29, 0.717) is 20.9 Å². The van der Waals surface area contributed by atoms with Crippen LogP contribution in [-0.4, -0.2) is 17.1 Å². The number of rotatable bonds is 3. The van der Waals surface area contributed by atoms with Crippen LogP contribution in [0, 0.1) is 0 Å². The Kier molecular flexibility index (Phi) is 4.82. The highest BCUT2D eigenvalue weighted by Gasteiger charge is 2.07. The number of amides is 2. The van der Waals surface area contributed by atoms with Gasteiger partial charge in [-0.3, -0.25) is 0 Å². The summed E-state index contributed by atoms with van der Waals surface area (Å²) in [6.07, 6.45) is 0. The third kappa shape index (κ3) is 4.21. The predicted octanol–water partition coefficient (Wildman–Crippen LogP) is 4.44. The van der Waals surface area contributed by atoms with Crippen LogP contribution in [0.2, 0.25) is 5.02 Å². The minimum absolute atomic E-state index is 0.154. The number of hydrogen-bond acceptors (Lipinski definition) is 2. The normalized spacial score (nSPS) is 10.0. The molecule has 7 heteroatoms. The second-order valence-corrected chi connectivity index (χ2v) is 5.38. The van der Waals surface area contributed by atoms with Crippen LogP contribution in [0.15, 0.2) is 46.9 Å². The van der Waals surface area contributed by atoms with Crippen molar-refractivity contribution in [3.63, 3.8) is 0 Å². The molecule has 5 nitrogen and oxygen atoms in total. The molecule has 0 unspecified atom stereocenters. The van der Waals surface area contributed by atoms with Gasteiger partial charge < -0.3 is 15.7 Å². The van der Waals surface area contributed by atoms with Gasteiger partial charge in [-0.25, -0.2) is 9.59 Å². The number of carboxylic acid groups (broad SMARTS) is 1. The summed E-state index contributed by atoms with van der Waals surface area (Å²) in [4.78, 5) is 22.6. The van der Waals surface area contributed by atoms with Crippen molar-refractivity contribution in [3.05, 3.63) is 57.5 Å². The molecule has 0 saturated heterocycles. The topological polar surface area (TPSA) is 78.4 Å². The van der Waals surface area contributed by atoms with E-state index in [1.165, 1.54) is 24.3 Å². The SMILES string of the molecule is O=C(Nc1ccc(C(=O)O)cc1)Nc1ccc(Cl)cc1Br. The Bertz CT molecular complexity index is 689. The molecule has 2 aromatic carbocycles. The smallest absolute Gasteiger partial charge is 0.335 e. The summed E-state index contributed by atoms with van der Waals surface area (Å²) in [6.45, 7) is 0. The maximum Gasteiger partial charge on any atom is 0.335 e. The molecule has 0 aromatic heterocycles. The fourth-order valence-electron chi connectivity index (χ4n) is 1.57. The molecular weight excluding hydrogens is 360 g/mol. The molecule has 108 valence electrons. The number of carbonyl (C=O) groups excluding carboxylic acids is 1. The van der Waals surface area contributed by atoms with Crippen LogP contribution < -0.4 is 10.6 Å². The van der Waals surface area contributed by atoms with Crippen molar-refractivity contribution in [2.45, 2.75) is 0 Å². The lowest BCUT2D eigenvalue weighted by Crippen LogP contribution is -2.19. The lowest BCUT2D eigenvalue weighted by Gasteiger charge is -2.09. The molecule has 0 aliphatic carbocycles. The molecule has 2 amide bonds. The molecule has 0 radical (unpaired) electrons. The van der Waals surface area contributed by atoms with Gasteiger partial charge in [0.15, 0.2) is 0 Å². The zero-order valence-electron chi connectivity index (χ0n) is 10.6. The number of hydrogen-bond donors (Lipinski definition) is 3. The lowest BCUT2D eigenvalue weighted by molar-refractivity contribution is 0.0697. The van der Waals surface area contributed by atoms with E-state index in [1.807, 2.05) is 0 Å². The molecule has 0 saturated carbocycles. The van der Waals surface area contributed by atoms with Crippen molar-refractivity contribution in [1.29, 1.82) is 0 Å². The second-order valence-electron chi connectivity index (χ2n) is 4.09. The van der Waals surface area contributed by atoms with Gasteiger partial charge in [0.2, 0.25) is 0 Å². The Labute approximate surface area is 134 Å². The zero-order chi connectivity index (χ0) is 15.4. The fourth-order valence-corrected chi connectivity index (χ4v) is 2.35. The summed E-state index contributed by atoms with van der Waals surface area (Å²) in [5, 5.41) is 14.6. The molecule has 0 aliphatic heterocycles. The summed E-state index contributed by atoms with van der Waals surface area (Å²) < 4.78 is 0.659. The number of anilines is 2. The maximum atomic E-state index is 11.8. The monoisotopic (exact) mass is 368 g/mol. The van der Waals surface area contributed by atoms with Crippen LogP contribution >= 0.6 is 27.5 Å². The molecule has 21 heavy (non-hydrogen) atoms. The Balaban J connectivity index is 2.02. The van der Waals surface area contributed by atoms with Crippen molar-refractivity contribution in [2.75, 3.05) is 10.6 Å². The predicted molar refractivity (Wildman–Crippen MR) is 85.2 cm³/mol. The quantitative estimate of drug-likeness (QED) is 0.748. The molecule has 0 fully saturated rings. The Morgan fingerprint density at radius 1 is 1.05 bits per heavy atom. The second kappa shape index (κ2) is 6.60. The summed E-state index contributed by atoms with van der Waals surface area (Å²) in [5.74, 6) is -1.02. The van der Waals surface area contributed by atoms with Crippen molar-refractivity contribution < 1.29 is 14.7 Å². The number of nitrogens with one attached hydrogen (secondary N) is 2. The molecular formula is C14H10BrClN2O3. The van der Waals surface area contributed by atoms with Gasteiger partial charge in [-0.05, 0) is 58.4 Å². The molecule has 2 aromatic rings. The van der Waals surface area contributed by atoms with Crippen LogP contribution in [0.3, 0.4) is 0 Å². The van der Waals surface area contributed by atoms with E-state index >= 15 is 0 Å². The lowest BCUT2D eigenvalue weighted by atomic mass is 10.2. The molecule has 3 N–H and O–H groups in total. The first kappa shape index (κ1) is 15.3. The van der Waals surface area contributed by atoms with Gasteiger partial charge in [0.1, 0.15) is 0 Å². The average molecular weight is 370 g/mol. The van der Waals surface area contributed by atoms with Crippen LogP contribution in [0.1, 0.15) is 10.4 Å². The zero-order valence-corrected chi connectivity index (χ0v) is 12.9. The highest BCUT2D eigenvalue weighted by molar-refractivity contribution is 9.10. The number of halogens is 2. The van der Waals surface area contributed by atoms with Crippen molar-refractivity contribution in [3.8, 4) is 0 Å². The highest BCUT2D eigenvalue weighted by Crippen LogP contribution is 2.26.